The number of hydrogen-bond donors (Lipinski definition) is 0. The molecule has 0 saturated carbocycles. The van der Waals surface area contributed by atoms with Crippen LogP contribution in [-0.4, -0.2) is 0 Å². The van der Waals surface area contributed by atoms with Crippen molar-refractivity contribution in [1.82, 2.24) is 0 Å². The van der Waals surface area contributed by atoms with Gasteiger partial charge in [0.15, 0.2) is 0 Å². The maximum Gasteiger partial charge on any atom is -0.0105 e. The van der Waals surface area contributed by atoms with Crippen LogP contribution in [0.1, 0.15) is 12.5 Å². The van der Waals surface area contributed by atoms with E-state index >= 15 is 0 Å². The summed E-state index contributed by atoms with van der Waals surface area (Å²) in [4.78, 5) is 0. The summed E-state index contributed by atoms with van der Waals surface area (Å²) in [6, 6.07) is 19.8. The van der Waals surface area contributed by atoms with Gasteiger partial charge in [0.25, 0.3) is 0 Å². The average Bonchev–Trinajstić information content (AvgIpc) is 2.54. The van der Waals surface area contributed by atoms with Crippen molar-refractivity contribution >= 4 is 10.8 Å². The van der Waals surface area contributed by atoms with Gasteiger partial charge in [-0.3, -0.25) is 0 Å². The fraction of sp³-hybridized carbons (Fsp3) is 0.125. The molecule has 0 saturated heterocycles. The van der Waals surface area contributed by atoms with Crippen LogP contribution >= 0.6 is 0 Å². The monoisotopic (exact) mass is 206 g/mol. The number of hydrogen-bond acceptors (Lipinski definition) is 0. The minimum Gasteiger partial charge on any atom is -0.0616 e. The van der Waals surface area contributed by atoms with Crippen molar-refractivity contribution in [3.05, 3.63) is 60.2 Å². The van der Waals surface area contributed by atoms with Crippen LogP contribution in [-0.2, 0) is 6.42 Å². The quantitative estimate of drug-likeness (QED) is 0.549. The molecule has 0 amide bonds. The van der Waals surface area contributed by atoms with E-state index < -0.39 is 0 Å². The third-order valence-corrected chi connectivity index (χ3v) is 3.20. The number of rotatable bonds is 1. The fourth-order valence-electron chi connectivity index (χ4n) is 2.31. The molecule has 78 valence electrons. The van der Waals surface area contributed by atoms with Gasteiger partial charge in [-0.25, -0.2) is 0 Å². The van der Waals surface area contributed by atoms with E-state index in [2.05, 4.69) is 61.5 Å². The normalized spacial score (nSPS) is 11.1. The third-order valence-electron chi connectivity index (χ3n) is 3.20. The smallest absolute Gasteiger partial charge is 0.0105 e. The maximum atomic E-state index is 2.30. The lowest BCUT2D eigenvalue weighted by Crippen LogP contribution is -1.73. The van der Waals surface area contributed by atoms with Gasteiger partial charge in [-0.15, -0.1) is 0 Å². The van der Waals surface area contributed by atoms with Gasteiger partial charge in [-0.05, 0) is 39.9 Å². The van der Waals surface area contributed by atoms with Gasteiger partial charge >= 0.3 is 0 Å². The molecule has 2 aliphatic rings. The van der Waals surface area contributed by atoms with Crippen molar-refractivity contribution < 1.29 is 0 Å². The van der Waals surface area contributed by atoms with Gasteiger partial charge in [-0.1, -0.05) is 55.5 Å². The predicted octanol–water partition coefficient (Wildman–Crippen LogP) is 4.51. The molecule has 0 heterocycles. The van der Waals surface area contributed by atoms with Crippen LogP contribution in [0.3, 0.4) is 0 Å². The van der Waals surface area contributed by atoms with Crippen molar-refractivity contribution in [3.8, 4) is 11.1 Å². The van der Waals surface area contributed by atoms with Crippen molar-refractivity contribution in [2.24, 2.45) is 0 Å². The first kappa shape index (κ1) is 9.41. The molecule has 0 heteroatoms. The van der Waals surface area contributed by atoms with E-state index in [0.29, 0.717) is 0 Å². The Labute approximate surface area is 95.9 Å². The molecule has 16 heavy (non-hydrogen) atoms. The largest absolute Gasteiger partial charge is 0.0616 e. The molecule has 0 aliphatic heterocycles. The summed E-state index contributed by atoms with van der Waals surface area (Å²) in [6.07, 6.45) is 1.09. The highest BCUT2D eigenvalue weighted by molar-refractivity contribution is 6.02. The summed E-state index contributed by atoms with van der Waals surface area (Å²) in [6.45, 7) is 2.20. The molecule has 0 aromatic heterocycles. The van der Waals surface area contributed by atoms with Crippen molar-refractivity contribution in [1.29, 1.82) is 0 Å². The van der Waals surface area contributed by atoms with E-state index in [-0.39, 0.29) is 0 Å². The lowest BCUT2D eigenvalue weighted by molar-refractivity contribution is 1.15. The van der Waals surface area contributed by atoms with Crippen LogP contribution < -0.4 is 0 Å². The highest BCUT2D eigenvalue weighted by Gasteiger charge is 2.07. The van der Waals surface area contributed by atoms with Crippen molar-refractivity contribution in [3.63, 3.8) is 0 Å². The van der Waals surface area contributed by atoms with Gasteiger partial charge in [0.1, 0.15) is 0 Å². The van der Waals surface area contributed by atoms with Crippen molar-refractivity contribution in [2.45, 2.75) is 13.3 Å². The summed E-state index contributed by atoms with van der Waals surface area (Å²) in [5.41, 5.74) is 4.10. The first-order valence-corrected chi connectivity index (χ1v) is 5.79. The van der Waals surface area contributed by atoms with Gasteiger partial charge in [-0.2, -0.15) is 0 Å². The first-order valence-electron chi connectivity index (χ1n) is 5.79. The van der Waals surface area contributed by atoms with E-state index in [1.54, 1.807) is 0 Å². The molecule has 0 atom stereocenters. The molecule has 0 unspecified atom stereocenters. The highest BCUT2D eigenvalue weighted by atomic mass is 14.1. The van der Waals surface area contributed by atoms with Crippen LogP contribution in [0.4, 0.5) is 0 Å². The maximum absolute atomic E-state index is 2.30. The predicted molar refractivity (Wildman–Crippen MR) is 69.9 cm³/mol. The van der Waals surface area contributed by atoms with Crippen LogP contribution in [0.2, 0.25) is 0 Å². The van der Waals surface area contributed by atoms with E-state index in [4.69, 9.17) is 0 Å². The summed E-state index contributed by atoms with van der Waals surface area (Å²) < 4.78 is 0. The zero-order chi connectivity index (χ0) is 11.0. The second kappa shape index (κ2) is 3.64. The molecule has 0 spiro atoms. The Morgan fingerprint density at radius 3 is 2.62 bits per heavy atom. The van der Waals surface area contributed by atoms with Crippen molar-refractivity contribution in [2.75, 3.05) is 0 Å². The standard InChI is InChI=1S/C16H14/c1-2-12-6-5-9-16-14(10-12)11-13-7-3-4-8-15(13)16/h3-11H,2H2,1H3. The SMILES string of the molecule is CCc1cccc2c3ccccc3cc-2c1. The van der Waals surface area contributed by atoms with Crippen LogP contribution in [0.15, 0.2) is 54.6 Å². The fourth-order valence-corrected chi connectivity index (χ4v) is 2.31. The van der Waals surface area contributed by atoms with Crippen LogP contribution in [0.25, 0.3) is 21.9 Å². The first-order chi connectivity index (χ1) is 7.88. The molecule has 0 bridgehead atoms. The Balaban J connectivity index is 2.38. The lowest BCUT2D eigenvalue weighted by Gasteiger charge is -1.93. The zero-order valence-electron chi connectivity index (χ0n) is 9.40. The molecule has 1 aromatic carbocycles. The minimum atomic E-state index is 1.09. The summed E-state index contributed by atoms with van der Waals surface area (Å²) in [5.74, 6) is 0. The molecule has 0 nitrogen and oxygen atoms in total. The van der Waals surface area contributed by atoms with Gasteiger partial charge in [0, 0.05) is 0 Å². The van der Waals surface area contributed by atoms with E-state index in [1.165, 1.54) is 27.5 Å². The number of fused-ring (bicyclic) bond motifs is 3. The zero-order valence-corrected chi connectivity index (χ0v) is 9.40. The molecule has 1 aromatic rings. The summed E-state index contributed by atoms with van der Waals surface area (Å²) in [7, 11) is 0. The second-order valence-electron chi connectivity index (χ2n) is 4.20. The van der Waals surface area contributed by atoms with Gasteiger partial charge in [0.05, 0.1) is 0 Å². The summed E-state index contributed by atoms with van der Waals surface area (Å²) >= 11 is 0. The molecule has 0 N–H and O–H groups in total. The Kier molecular flexibility index (Phi) is 2.14. The lowest BCUT2D eigenvalue weighted by atomic mass is 10.1. The Morgan fingerprint density at radius 2 is 1.75 bits per heavy atom. The average molecular weight is 206 g/mol. The Bertz CT molecular complexity index is 608. The summed E-state index contributed by atoms with van der Waals surface area (Å²) in [5, 5.41) is 2.70. The van der Waals surface area contributed by atoms with Crippen LogP contribution in [0.5, 0.6) is 0 Å². The van der Waals surface area contributed by atoms with E-state index in [0.717, 1.165) is 6.42 Å². The Hall–Kier alpha value is -1.82. The van der Waals surface area contributed by atoms with E-state index in [1.807, 2.05) is 0 Å². The topological polar surface area (TPSA) is 0 Å². The van der Waals surface area contributed by atoms with Gasteiger partial charge < -0.3 is 0 Å². The number of aryl methyl sites for hydroxylation is 1. The highest BCUT2D eigenvalue weighted by Crippen LogP contribution is 2.33. The molecule has 3 rings (SSSR count). The van der Waals surface area contributed by atoms with Gasteiger partial charge in [0.2, 0.25) is 0 Å². The Morgan fingerprint density at radius 1 is 0.875 bits per heavy atom. The number of benzene rings is 1. The molecular weight excluding hydrogens is 192 g/mol. The molecular formula is C16H14. The van der Waals surface area contributed by atoms with E-state index in [9.17, 15) is 0 Å². The minimum absolute atomic E-state index is 1.09. The second-order valence-corrected chi connectivity index (χ2v) is 4.20. The molecule has 0 radical (unpaired) electrons. The third kappa shape index (κ3) is 1.38. The molecule has 2 aliphatic carbocycles. The molecule has 0 fully saturated rings. The van der Waals surface area contributed by atoms with Crippen LogP contribution in [0, 0.1) is 0 Å².